The molecule has 0 aromatic rings. The molecule has 0 unspecified atom stereocenters. The van der Waals surface area contributed by atoms with Crippen molar-refractivity contribution in [1.29, 1.82) is 0 Å². The summed E-state index contributed by atoms with van der Waals surface area (Å²) in [6.07, 6.45) is 0. The summed E-state index contributed by atoms with van der Waals surface area (Å²) in [6, 6.07) is 0. The second-order valence-electron chi connectivity index (χ2n) is 1.92. The molecule has 0 N–H and O–H groups in total. The van der Waals surface area contributed by atoms with Crippen LogP contribution in [0.2, 0.25) is 0 Å². The van der Waals surface area contributed by atoms with Gasteiger partial charge in [0.25, 0.3) is 0 Å². The van der Waals surface area contributed by atoms with E-state index in [0.717, 1.165) is 0 Å². The van der Waals surface area contributed by atoms with Gasteiger partial charge in [0.1, 0.15) is 0 Å². The van der Waals surface area contributed by atoms with Crippen LogP contribution in [0.15, 0.2) is 0 Å². The van der Waals surface area contributed by atoms with Gasteiger partial charge >= 0.3 is 108 Å². The third kappa shape index (κ3) is 1500. The minimum Gasteiger partial charge on any atom is 1.00 e. The van der Waals surface area contributed by atoms with Crippen LogP contribution in [0.3, 0.4) is 0 Å². The molecule has 0 radical (unpaired) electrons. The molecule has 0 nitrogen and oxygen atoms in total. The van der Waals surface area contributed by atoms with Gasteiger partial charge in [-0.05, 0) is 0 Å². The van der Waals surface area contributed by atoms with Gasteiger partial charge in [0.15, 0.2) is 0 Å². The summed E-state index contributed by atoms with van der Waals surface area (Å²) in [5, 5.41) is 0. The topological polar surface area (TPSA) is 0 Å². The van der Waals surface area contributed by atoms with E-state index in [4.69, 9.17) is 0 Å². The Labute approximate surface area is 107 Å². The van der Waals surface area contributed by atoms with Gasteiger partial charge in [-0.2, -0.15) is 0 Å². The predicted molar refractivity (Wildman–Crippen MR) is 24.8 cm³/mol. The summed E-state index contributed by atoms with van der Waals surface area (Å²) in [5.41, 5.74) is 0. The van der Waals surface area contributed by atoms with E-state index >= 15 is 0 Å². The first-order chi connectivity index (χ1) is 4.90. The summed E-state index contributed by atoms with van der Waals surface area (Å²) >= 11 is -22.1. The number of hydrogen-bond donors (Lipinski definition) is 0. The number of halogens is 12. The summed E-state index contributed by atoms with van der Waals surface area (Å²) in [7, 11) is 0. The summed E-state index contributed by atoms with van der Waals surface area (Å²) < 4.78 is 119. The van der Waals surface area contributed by atoms with Crippen molar-refractivity contribution in [3.63, 3.8) is 0 Å². The molecule has 0 saturated carbocycles. The smallest absolute Gasteiger partial charge is 1.00 e. The minimum atomic E-state index is -11.1. The molecule has 0 rings (SSSR count). The van der Waals surface area contributed by atoms with Crippen LogP contribution >= 0.6 is 0 Å². The van der Waals surface area contributed by atoms with Crippen molar-refractivity contribution in [1.82, 2.24) is 0 Å². The molecule has 0 spiro atoms. The molecule has 0 atom stereocenters. The van der Waals surface area contributed by atoms with Gasteiger partial charge in [-0.15, -0.1) is 0 Å². The molecule has 0 aliphatic rings. The Bertz CT molecular complexity index is 164. The van der Waals surface area contributed by atoms with Crippen LogP contribution in [0.25, 0.3) is 0 Å². The second kappa shape index (κ2) is 3.98. The van der Waals surface area contributed by atoms with Gasteiger partial charge in [-0.3, -0.25) is 0 Å². The van der Waals surface area contributed by atoms with E-state index < -0.39 is 28.3 Å². The van der Waals surface area contributed by atoms with Gasteiger partial charge in [0.05, 0.1) is 0 Å². The monoisotopic (exact) mass is 392 g/mol. The SMILES string of the molecule is F[As-](F)(F)(F)(F)F.F[As-](F)(F)(F)(F)F.[Li+].[Li+]. The Morgan fingerprint density at radius 1 is 0.312 bits per heavy atom. The zero-order valence-corrected chi connectivity index (χ0v) is 11.2. The molecule has 0 aliphatic heterocycles. The molecule has 0 bridgehead atoms. The van der Waals surface area contributed by atoms with E-state index in [-0.39, 0.29) is 37.7 Å². The van der Waals surface area contributed by atoms with Crippen LogP contribution in [0, 0.1) is 0 Å². The van der Waals surface area contributed by atoms with Crippen LogP contribution in [0.1, 0.15) is 0 Å². The largest absolute Gasteiger partial charge is 1.00 e. The fourth-order valence-electron chi connectivity index (χ4n) is 0. The molecular formula is As2F12Li2. The first-order valence-corrected chi connectivity index (χ1v) is 10.5. The van der Waals surface area contributed by atoms with Gasteiger partial charge in [-0.1, -0.05) is 0 Å². The quantitative estimate of drug-likeness (QED) is 0.341. The van der Waals surface area contributed by atoms with Crippen molar-refractivity contribution < 1.29 is 79.3 Å². The molecule has 0 fully saturated rings. The van der Waals surface area contributed by atoms with Crippen LogP contribution in [0.5, 0.6) is 0 Å². The van der Waals surface area contributed by atoms with E-state index in [9.17, 15) is 41.6 Å². The third-order valence-electron chi connectivity index (χ3n) is 0. The standard InChI is InChI=1S/2AsF6.2Li/c2*2-1(3,4,5,6)7;;/q2*-1;2*+1. The molecule has 0 aliphatic carbocycles. The second-order valence-corrected chi connectivity index (χ2v) is 9.96. The van der Waals surface area contributed by atoms with Crippen molar-refractivity contribution in [2.45, 2.75) is 0 Å². The van der Waals surface area contributed by atoms with Crippen LogP contribution < -0.4 is 37.7 Å². The third-order valence-corrected chi connectivity index (χ3v) is 0. The number of hydrogen-bond acceptors (Lipinski definition) is 0. The molecule has 0 saturated heterocycles. The van der Waals surface area contributed by atoms with E-state index in [1.54, 1.807) is 0 Å². The molecule has 0 aromatic heterocycles. The molecular weight excluding hydrogens is 392 g/mol. The molecule has 96 valence electrons. The van der Waals surface area contributed by atoms with Crippen LogP contribution in [-0.4, -0.2) is 28.3 Å². The zero-order chi connectivity index (χ0) is 12.8. The zero-order valence-electron chi connectivity index (χ0n) is 7.43. The van der Waals surface area contributed by atoms with Crippen LogP contribution in [0.4, 0.5) is 41.6 Å². The molecule has 16 heteroatoms. The summed E-state index contributed by atoms with van der Waals surface area (Å²) in [4.78, 5) is 0. The van der Waals surface area contributed by atoms with Crippen molar-refractivity contribution >= 4 is 28.3 Å². The number of rotatable bonds is 0. The van der Waals surface area contributed by atoms with E-state index in [1.165, 1.54) is 0 Å². The predicted octanol–water partition coefficient (Wildman–Crippen LogP) is -1.71. The first kappa shape index (κ1) is 26.1. The Morgan fingerprint density at radius 2 is 0.312 bits per heavy atom. The normalized spacial score (nSPS) is 20.2. The maximum atomic E-state index is 9.91. The fourth-order valence-corrected chi connectivity index (χ4v) is 0. The maximum Gasteiger partial charge on any atom is 1.00 e. The summed E-state index contributed by atoms with van der Waals surface area (Å²) in [5.74, 6) is 0. The average Bonchev–Trinajstić information content (AvgIpc) is 0.938. The van der Waals surface area contributed by atoms with E-state index in [0.29, 0.717) is 0 Å². The molecule has 0 amide bonds. The molecule has 0 heterocycles. The van der Waals surface area contributed by atoms with Gasteiger partial charge in [0, 0.05) is 0 Å². The Balaban J connectivity index is -0.0000000800. The molecule has 0 aromatic carbocycles. The van der Waals surface area contributed by atoms with Gasteiger partial charge < -0.3 is 0 Å². The Hall–Kier alpha value is 1.47. The fraction of sp³-hybridized carbons (Fsp3) is 0. The van der Waals surface area contributed by atoms with Crippen molar-refractivity contribution in [2.24, 2.45) is 0 Å². The van der Waals surface area contributed by atoms with E-state index in [1.807, 2.05) is 0 Å². The Morgan fingerprint density at radius 3 is 0.312 bits per heavy atom. The van der Waals surface area contributed by atoms with E-state index in [2.05, 4.69) is 0 Å². The van der Waals surface area contributed by atoms with Crippen LogP contribution in [-0.2, 0) is 0 Å². The maximum absolute atomic E-state index is 11.1. The van der Waals surface area contributed by atoms with Gasteiger partial charge in [-0.25, -0.2) is 0 Å². The minimum absolute atomic E-state index is 0. The first-order valence-electron chi connectivity index (χ1n) is 2.03. The molecule has 16 heavy (non-hydrogen) atoms. The van der Waals surface area contributed by atoms with Crippen molar-refractivity contribution in [3.8, 4) is 0 Å². The van der Waals surface area contributed by atoms with Crippen molar-refractivity contribution in [2.75, 3.05) is 0 Å². The van der Waals surface area contributed by atoms with Gasteiger partial charge in [0.2, 0.25) is 0 Å². The Kier molecular flexibility index (Phi) is 6.50. The average molecular weight is 392 g/mol. The van der Waals surface area contributed by atoms with Crippen molar-refractivity contribution in [3.05, 3.63) is 0 Å². The summed E-state index contributed by atoms with van der Waals surface area (Å²) in [6.45, 7) is 0.